The third-order valence-electron chi connectivity index (χ3n) is 1.96. The SMILES string of the molecule is CCc1ccncc1C(=O)NCC(N)=O. The number of aromatic nitrogens is 1. The average molecular weight is 207 g/mol. The Labute approximate surface area is 87.7 Å². The summed E-state index contributed by atoms with van der Waals surface area (Å²) in [6.07, 6.45) is 3.85. The fourth-order valence-electron chi connectivity index (χ4n) is 1.20. The number of nitrogens with one attached hydrogen (secondary N) is 1. The van der Waals surface area contributed by atoms with Gasteiger partial charge in [-0.05, 0) is 18.1 Å². The lowest BCUT2D eigenvalue weighted by molar-refractivity contribution is -0.117. The van der Waals surface area contributed by atoms with Gasteiger partial charge in [0.2, 0.25) is 5.91 Å². The molecular formula is C10H13N3O2. The normalized spacial score (nSPS) is 9.67. The Kier molecular flexibility index (Phi) is 3.79. The fraction of sp³-hybridized carbons (Fsp3) is 0.300. The Balaban J connectivity index is 2.77. The third-order valence-corrected chi connectivity index (χ3v) is 1.96. The van der Waals surface area contributed by atoms with E-state index < -0.39 is 5.91 Å². The lowest BCUT2D eigenvalue weighted by atomic mass is 10.1. The second kappa shape index (κ2) is 5.09. The highest BCUT2D eigenvalue weighted by Crippen LogP contribution is 2.06. The highest BCUT2D eigenvalue weighted by molar-refractivity contribution is 5.97. The molecule has 0 unspecified atom stereocenters. The van der Waals surface area contributed by atoms with E-state index in [0.29, 0.717) is 5.56 Å². The molecule has 0 atom stereocenters. The molecule has 2 amide bonds. The molecule has 0 aromatic carbocycles. The van der Waals surface area contributed by atoms with E-state index in [9.17, 15) is 9.59 Å². The Morgan fingerprint density at radius 1 is 1.53 bits per heavy atom. The van der Waals surface area contributed by atoms with Gasteiger partial charge in [0.05, 0.1) is 12.1 Å². The molecular weight excluding hydrogens is 194 g/mol. The molecule has 0 aliphatic heterocycles. The molecule has 0 saturated heterocycles. The van der Waals surface area contributed by atoms with E-state index >= 15 is 0 Å². The molecule has 15 heavy (non-hydrogen) atoms. The van der Waals surface area contributed by atoms with Gasteiger partial charge >= 0.3 is 0 Å². The Bertz CT molecular complexity index is 377. The number of carbonyl (C=O) groups is 2. The van der Waals surface area contributed by atoms with Gasteiger partial charge in [-0.25, -0.2) is 0 Å². The van der Waals surface area contributed by atoms with Crippen molar-refractivity contribution in [3.8, 4) is 0 Å². The molecule has 0 aliphatic carbocycles. The van der Waals surface area contributed by atoms with E-state index in [2.05, 4.69) is 10.3 Å². The Morgan fingerprint density at radius 2 is 2.27 bits per heavy atom. The maximum Gasteiger partial charge on any atom is 0.253 e. The zero-order chi connectivity index (χ0) is 11.3. The van der Waals surface area contributed by atoms with Gasteiger partial charge in [-0.2, -0.15) is 0 Å². The first-order chi connectivity index (χ1) is 7.15. The maximum atomic E-state index is 11.6. The molecule has 0 spiro atoms. The van der Waals surface area contributed by atoms with Crippen LogP contribution in [0.15, 0.2) is 18.5 Å². The molecule has 5 nitrogen and oxygen atoms in total. The van der Waals surface area contributed by atoms with E-state index in [0.717, 1.165) is 12.0 Å². The number of amides is 2. The quantitative estimate of drug-likeness (QED) is 0.720. The topological polar surface area (TPSA) is 85.1 Å². The van der Waals surface area contributed by atoms with Crippen LogP contribution in [0, 0.1) is 0 Å². The molecule has 1 heterocycles. The number of aryl methyl sites for hydroxylation is 1. The predicted molar refractivity (Wildman–Crippen MR) is 55.1 cm³/mol. The molecule has 1 aromatic heterocycles. The summed E-state index contributed by atoms with van der Waals surface area (Å²) in [5.74, 6) is -0.885. The molecule has 1 rings (SSSR count). The summed E-state index contributed by atoms with van der Waals surface area (Å²) in [6, 6.07) is 1.78. The second-order valence-corrected chi connectivity index (χ2v) is 3.04. The number of rotatable bonds is 4. The van der Waals surface area contributed by atoms with E-state index in [-0.39, 0.29) is 12.5 Å². The van der Waals surface area contributed by atoms with E-state index in [4.69, 9.17) is 5.73 Å². The molecule has 0 saturated carbocycles. The van der Waals surface area contributed by atoms with Crippen LogP contribution in [-0.2, 0) is 11.2 Å². The number of hydrogen-bond donors (Lipinski definition) is 2. The minimum atomic E-state index is -0.565. The van der Waals surface area contributed by atoms with Crippen molar-refractivity contribution in [2.75, 3.05) is 6.54 Å². The lowest BCUT2D eigenvalue weighted by Gasteiger charge is -2.06. The largest absolute Gasteiger partial charge is 0.368 e. The number of carbonyl (C=O) groups excluding carboxylic acids is 2. The van der Waals surface area contributed by atoms with Crippen LogP contribution >= 0.6 is 0 Å². The molecule has 0 fully saturated rings. The third kappa shape index (κ3) is 3.05. The summed E-state index contributed by atoms with van der Waals surface area (Å²) < 4.78 is 0. The Morgan fingerprint density at radius 3 is 2.87 bits per heavy atom. The van der Waals surface area contributed by atoms with Crippen LogP contribution in [0.1, 0.15) is 22.8 Å². The van der Waals surface area contributed by atoms with Crippen LogP contribution in [0.5, 0.6) is 0 Å². The summed E-state index contributed by atoms with van der Waals surface area (Å²) in [5.41, 5.74) is 6.30. The van der Waals surface area contributed by atoms with Gasteiger partial charge in [0.25, 0.3) is 5.91 Å². The van der Waals surface area contributed by atoms with Gasteiger partial charge in [-0.1, -0.05) is 6.92 Å². The van der Waals surface area contributed by atoms with Crippen molar-refractivity contribution in [3.05, 3.63) is 29.6 Å². The van der Waals surface area contributed by atoms with Gasteiger partial charge in [0, 0.05) is 12.4 Å². The van der Waals surface area contributed by atoms with Gasteiger partial charge in [0.15, 0.2) is 0 Å². The van der Waals surface area contributed by atoms with Crippen LogP contribution in [0.3, 0.4) is 0 Å². The summed E-state index contributed by atoms with van der Waals surface area (Å²) >= 11 is 0. The van der Waals surface area contributed by atoms with Crippen LogP contribution in [0.25, 0.3) is 0 Å². The van der Waals surface area contributed by atoms with E-state index in [1.165, 1.54) is 6.20 Å². The van der Waals surface area contributed by atoms with Crippen molar-refractivity contribution in [2.45, 2.75) is 13.3 Å². The summed E-state index contributed by atoms with van der Waals surface area (Å²) in [5, 5.41) is 2.42. The van der Waals surface area contributed by atoms with Crippen molar-refractivity contribution in [1.82, 2.24) is 10.3 Å². The van der Waals surface area contributed by atoms with E-state index in [1.807, 2.05) is 6.92 Å². The monoisotopic (exact) mass is 207 g/mol. The van der Waals surface area contributed by atoms with Crippen LogP contribution < -0.4 is 11.1 Å². The molecule has 3 N–H and O–H groups in total. The highest BCUT2D eigenvalue weighted by Gasteiger charge is 2.10. The first-order valence-electron chi connectivity index (χ1n) is 4.64. The Hall–Kier alpha value is -1.91. The second-order valence-electron chi connectivity index (χ2n) is 3.04. The number of pyridine rings is 1. The van der Waals surface area contributed by atoms with Crippen LogP contribution in [0.4, 0.5) is 0 Å². The number of primary amides is 1. The van der Waals surface area contributed by atoms with Gasteiger partial charge < -0.3 is 11.1 Å². The predicted octanol–water partition coefficient (Wildman–Crippen LogP) is -0.141. The van der Waals surface area contributed by atoms with Crippen molar-refractivity contribution >= 4 is 11.8 Å². The van der Waals surface area contributed by atoms with Gasteiger partial charge in [-0.15, -0.1) is 0 Å². The summed E-state index contributed by atoms with van der Waals surface area (Å²) in [6.45, 7) is 1.79. The first kappa shape index (κ1) is 11.2. The van der Waals surface area contributed by atoms with Crippen LogP contribution in [0.2, 0.25) is 0 Å². The first-order valence-corrected chi connectivity index (χ1v) is 4.64. The van der Waals surface area contributed by atoms with E-state index in [1.54, 1.807) is 12.3 Å². The van der Waals surface area contributed by atoms with Gasteiger partial charge in [0.1, 0.15) is 0 Å². The fourth-order valence-corrected chi connectivity index (χ4v) is 1.20. The molecule has 5 heteroatoms. The van der Waals surface area contributed by atoms with Gasteiger partial charge in [-0.3, -0.25) is 14.6 Å². The summed E-state index contributed by atoms with van der Waals surface area (Å²) in [4.78, 5) is 25.9. The van der Waals surface area contributed by atoms with Crippen molar-refractivity contribution in [2.24, 2.45) is 5.73 Å². The summed E-state index contributed by atoms with van der Waals surface area (Å²) in [7, 11) is 0. The van der Waals surface area contributed by atoms with Crippen LogP contribution in [-0.4, -0.2) is 23.3 Å². The molecule has 0 bridgehead atoms. The number of nitrogens with zero attached hydrogens (tertiary/aromatic N) is 1. The van der Waals surface area contributed by atoms with Crippen molar-refractivity contribution < 1.29 is 9.59 Å². The minimum absolute atomic E-state index is 0.156. The number of hydrogen-bond acceptors (Lipinski definition) is 3. The van der Waals surface area contributed by atoms with Crippen molar-refractivity contribution in [1.29, 1.82) is 0 Å². The average Bonchev–Trinajstić information content (AvgIpc) is 2.25. The molecule has 80 valence electrons. The standard InChI is InChI=1S/C10H13N3O2/c1-2-7-3-4-12-5-8(7)10(15)13-6-9(11)14/h3-5H,2,6H2,1H3,(H2,11,14)(H,13,15). The smallest absolute Gasteiger partial charge is 0.253 e. The van der Waals surface area contributed by atoms with Crippen molar-refractivity contribution in [3.63, 3.8) is 0 Å². The number of nitrogens with two attached hydrogens (primary N) is 1. The molecule has 1 aromatic rings. The lowest BCUT2D eigenvalue weighted by Crippen LogP contribution is -2.33. The molecule has 0 aliphatic rings. The maximum absolute atomic E-state index is 11.6. The zero-order valence-corrected chi connectivity index (χ0v) is 8.49. The minimum Gasteiger partial charge on any atom is -0.368 e. The molecule has 0 radical (unpaired) electrons. The zero-order valence-electron chi connectivity index (χ0n) is 8.49. The highest BCUT2D eigenvalue weighted by atomic mass is 16.2.